The molecule has 0 aliphatic carbocycles. The maximum Gasteiger partial charge on any atom is 0.0927 e. The lowest BCUT2D eigenvalue weighted by atomic mass is 10.1. The second-order valence-electron chi connectivity index (χ2n) is 3.66. The second kappa shape index (κ2) is 4.38. The van der Waals surface area contributed by atoms with Crippen LogP contribution in [0.5, 0.6) is 0 Å². The maximum absolute atomic E-state index is 6.43. The maximum atomic E-state index is 6.43. The summed E-state index contributed by atoms with van der Waals surface area (Å²) in [4.78, 5) is 2.59. The highest BCUT2D eigenvalue weighted by atomic mass is 35.5. The van der Waals surface area contributed by atoms with Crippen molar-refractivity contribution in [1.82, 2.24) is 0 Å². The third-order valence-electron chi connectivity index (χ3n) is 2.53. The van der Waals surface area contributed by atoms with Gasteiger partial charge in [0.25, 0.3) is 0 Å². The van der Waals surface area contributed by atoms with Crippen molar-refractivity contribution < 1.29 is 0 Å². The minimum Gasteiger partial charge on any atom is -0.143 e. The molecule has 0 aliphatic heterocycles. The summed E-state index contributed by atoms with van der Waals surface area (Å²) < 4.78 is 0. The van der Waals surface area contributed by atoms with Gasteiger partial charge < -0.3 is 0 Å². The van der Waals surface area contributed by atoms with Gasteiger partial charge in [-0.2, -0.15) is 0 Å². The molecule has 2 rings (SSSR count). The molecule has 0 saturated heterocycles. The first-order valence-corrected chi connectivity index (χ1v) is 6.19. The molecule has 0 fully saturated rings. The van der Waals surface area contributed by atoms with Crippen LogP contribution < -0.4 is 0 Å². The molecule has 0 spiro atoms. The van der Waals surface area contributed by atoms with E-state index < -0.39 is 0 Å². The van der Waals surface area contributed by atoms with Gasteiger partial charge >= 0.3 is 0 Å². The van der Waals surface area contributed by atoms with Gasteiger partial charge in [0, 0.05) is 9.75 Å². The molecule has 1 unspecified atom stereocenters. The topological polar surface area (TPSA) is 0 Å². The first kappa shape index (κ1) is 10.7. The molecule has 0 aliphatic rings. The average Bonchev–Trinajstić information content (AvgIpc) is 2.59. The number of thiophene rings is 1. The minimum atomic E-state index is -0.0106. The summed E-state index contributed by atoms with van der Waals surface area (Å²) in [5.41, 5.74) is 2.50. The molecule has 1 aromatic heterocycles. The number of benzene rings is 1. The molecule has 1 heterocycles. The Labute approximate surface area is 99.5 Å². The Balaban J connectivity index is 2.32. The fraction of sp³-hybridized carbons (Fsp3) is 0.231. The molecule has 78 valence electrons. The van der Waals surface area contributed by atoms with Gasteiger partial charge in [-0.15, -0.1) is 22.9 Å². The van der Waals surface area contributed by atoms with Crippen molar-refractivity contribution >= 4 is 22.9 Å². The van der Waals surface area contributed by atoms with E-state index in [-0.39, 0.29) is 5.38 Å². The second-order valence-corrected chi connectivity index (χ2v) is 5.39. The summed E-state index contributed by atoms with van der Waals surface area (Å²) in [6.45, 7) is 4.27. The van der Waals surface area contributed by atoms with E-state index in [1.165, 1.54) is 20.9 Å². The number of alkyl halides is 1. The molecule has 0 radical (unpaired) electrons. The predicted molar refractivity (Wildman–Crippen MR) is 67.9 cm³/mol. The predicted octanol–water partition coefficient (Wildman–Crippen LogP) is 4.69. The van der Waals surface area contributed by atoms with E-state index >= 15 is 0 Å². The smallest absolute Gasteiger partial charge is 0.0927 e. The van der Waals surface area contributed by atoms with Crippen LogP contribution in [0.1, 0.15) is 26.3 Å². The first-order chi connectivity index (χ1) is 7.18. The van der Waals surface area contributed by atoms with Gasteiger partial charge in [-0.05, 0) is 31.0 Å². The molecular formula is C13H13ClS. The Kier molecular flexibility index (Phi) is 3.13. The highest BCUT2D eigenvalue weighted by Gasteiger charge is 2.13. The van der Waals surface area contributed by atoms with Crippen LogP contribution in [0.3, 0.4) is 0 Å². The van der Waals surface area contributed by atoms with Crippen molar-refractivity contribution in [3.63, 3.8) is 0 Å². The third-order valence-corrected chi connectivity index (χ3v) is 4.36. The van der Waals surface area contributed by atoms with Crippen LogP contribution >= 0.6 is 22.9 Å². The first-order valence-electron chi connectivity index (χ1n) is 4.94. The van der Waals surface area contributed by atoms with Crippen LogP contribution in [0.25, 0.3) is 0 Å². The van der Waals surface area contributed by atoms with Gasteiger partial charge in [0.2, 0.25) is 0 Å². The molecule has 2 heteroatoms. The van der Waals surface area contributed by atoms with Gasteiger partial charge in [-0.1, -0.05) is 30.3 Å². The monoisotopic (exact) mass is 236 g/mol. The lowest BCUT2D eigenvalue weighted by Crippen LogP contribution is -1.88. The molecular weight excluding hydrogens is 224 g/mol. The summed E-state index contributed by atoms with van der Waals surface area (Å²) >= 11 is 8.21. The van der Waals surface area contributed by atoms with Crippen molar-refractivity contribution in [3.05, 3.63) is 57.3 Å². The van der Waals surface area contributed by atoms with Crippen molar-refractivity contribution in [1.29, 1.82) is 0 Å². The highest BCUT2D eigenvalue weighted by Crippen LogP contribution is 2.34. The Morgan fingerprint density at radius 3 is 2.33 bits per heavy atom. The quantitative estimate of drug-likeness (QED) is 0.664. The standard InChI is InChI=1S/C13H13ClS/c1-9-8-12(15-10(9)2)13(14)11-6-4-3-5-7-11/h3-8,13H,1-2H3. The van der Waals surface area contributed by atoms with Crippen LogP contribution in [-0.4, -0.2) is 0 Å². The molecule has 1 aromatic carbocycles. The minimum absolute atomic E-state index is 0.0106. The fourth-order valence-corrected chi connectivity index (χ4v) is 2.90. The van der Waals surface area contributed by atoms with Crippen molar-refractivity contribution in [2.24, 2.45) is 0 Å². The van der Waals surface area contributed by atoms with Gasteiger partial charge in [0.1, 0.15) is 0 Å². The average molecular weight is 237 g/mol. The molecule has 15 heavy (non-hydrogen) atoms. The van der Waals surface area contributed by atoms with E-state index in [0.717, 1.165) is 0 Å². The lowest BCUT2D eigenvalue weighted by Gasteiger charge is -2.06. The van der Waals surface area contributed by atoms with Gasteiger partial charge in [-0.3, -0.25) is 0 Å². The van der Waals surface area contributed by atoms with E-state index in [0.29, 0.717) is 0 Å². The molecule has 0 N–H and O–H groups in total. The van der Waals surface area contributed by atoms with Crippen LogP contribution in [-0.2, 0) is 0 Å². The SMILES string of the molecule is Cc1cc(C(Cl)c2ccccc2)sc1C. The summed E-state index contributed by atoms with van der Waals surface area (Å²) in [6, 6.07) is 12.4. The van der Waals surface area contributed by atoms with Crippen molar-refractivity contribution in [3.8, 4) is 0 Å². The highest BCUT2D eigenvalue weighted by molar-refractivity contribution is 7.12. The van der Waals surface area contributed by atoms with Gasteiger partial charge in [-0.25, -0.2) is 0 Å². The Morgan fingerprint density at radius 2 is 1.80 bits per heavy atom. The van der Waals surface area contributed by atoms with E-state index in [2.05, 4.69) is 32.0 Å². The summed E-state index contributed by atoms with van der Waals surface area (Å²) in [5, 5.41) is -0.0106. The van der Waals surface area contributed by atoms with Gasteiger partial charge in [0.05, 0.1) is 5.38 Å². The number of halogens is 1. The zero-order valence-corrected chi connectivity index (χ0v) is 10.4. The van der Waals surface area contributed by atoms with Crippen molar-refractivity contribution in [2.75, 3.05) is 0 Å². The zero-order chi connectivity index (χ0) is 10.8. The van der Waals surface area contributed by atoms with Crippen LogP contribution in [0.2, 0.25) is 0 Å². The molecule has 0 bridgehead atoms. The van der Waals surface area contributed by atoms with Crippen molar-refractivity contribution in [2.45, 2.75) is 19.2 Å². The van der Waals surface area contributed by atoms with Crippen LogP contribution in [0, 0.1) is 13.8 Å². The van der Waals surface area contributed by atoms with Gasteiger partial charge in [0.15, 0.2) is 0 Å². The normalized spacial score (nSPS) is 12.7. The number of rotatable bonds is 2. The number of aryl methyl sites for hydroxylation is 2. The summed E-state index contributed by atoms with van der Waals surface area (Å²) in [6.07, 6.45) is 0. The van der Waals surface area contributed by atoms with Crippen LogP contribution in [0.4, 0.5) is 0 Å². The molecule has 0 amide bonds. The van der Waals surface area contributed by atoms with E-state index in [1.54, 1.807) is 11.3 Å². The van der Waals surface area contributed by atoms with Crippen LogP contribution in [0.15, 0.2) is 36.4 Å². The molecule has 0 nitrogen and oxygen atoms in total. The summed E-state index contributed by atoms with van der Waals surface area (Å²) in [7, 11) is 0. The third kappa shape index (κ3) is 2.24. The summed E-state index contributed by atoms with van der Waals surface area (Å²) in [5.74, 6) is 0. The Morgan fingerprint density at radius 1 is 1.13 bits per heavy atom. The zero-order valence-electron chi connectivity index (χ0n) is 8.83. The van der Waals surface area contributed by atoms with E-state index in [4.69, 9.17) is 11.6 Å². The Hall–Kier alpha value is -0.790. The molecule has 0 saturated carbocycles. The number of hydrogen-bond acceptors (Lipinski definition) is 1. The fourth-order valence-electron chi connectivity index (χ4n) is 1.51. The molecule has 1 atom stereocenters. The largest absolute Gasteiger partial charge is 0.143 e. The molecule has 2 aromatic rings. The Bertz CT molecular complexity index is 425. The van der Waals surface area contributed by atoms with E-state index in [1.807, 2.05) is 18.2 Å². The number of hydrogen-bond donors (Lipinski definition) is 0. The lowest BCUT2D eigenvalue weighted by molar-refractivity contribution is 1.18. The van der Waals surface area contributed by atoms with E-state index in [9.17, 15) is 0 Å².